The van der Waals surface area contributed by atoms with Crippen molar-refractivity contribution in [3.05, 3.63) is 59.7 Å². The molecule has 0 aliphatic carbocycles. The van der Waals surface area contributed by atoms with E-state index < -0.39 is 6.10 Å². The van der Waals surface area contributed by atoms with Gasteiger partial charge in [0.25, 0.3) is 5.91 Å². The third-order valence-corrected chi connectivity index (χ3v) is 4.90. The van der Waals surface area contributed by atoms with Gasteiger partial charge in [0.15, 0.2) is 0 Å². The van der Waals surface area contributed by atoms with E-state index in [1.807, 2.05) is 24.3 Å². The van der Waals surface area contributed by atoms with Gasteiger partial charge in [0.1, 0.15) is 11.5 Å². The van der Waals surface area contributed by atoms with Crippen LogP contribution >= 0.6 is 0 Å². The average molecular weight is 370 g/mol. The Bertz CT molecular complexity index is 746. The van der Waals surface area contributed by atoms with Gasteiger partial charge >= 0.3 is 0 Å². The van der Waals surface area contributed by atoms with E-state index in [4.69, 9.17) is 4.74 Å². The molecule has 27 heavy (non-hydrogen) atoms. The van der Waals surface area contributed by atoms with Gasteiger partial charge in [0.2, 0.25) is 0 Å². The third-order valence-electron chi connectivity index (χ3n) is 4.90. The summed E-state index contributed by atoms with van der Waals surface area (Å²) in [6.45, 7) is 2.20. The fourth-order valence-electron chi connectivity index (χ4n) is 3.36. The molecule has 2 aromatic carbocycles. The number of aliphatic hydroxyl groups excluding tert-OH is 1. The number of aromatic hydroxyl groups is 1. The van der Waals surface area contributed by atoms with Crippen molar-refractivity contribution in [3.8, 4) is 11.5 Å². The van der Waals surface area contributed by atoms with Crippen molar-refractivity contribution in [3.63, 3.8) is 0 Å². The predicted molar refractivity (Wildman–Crippen MR) is 103 cm³/mol. The number of hydrogen-bond donors (Lipinski definition) is 3. The number of phenols is 1. The molecule has 6 heteroatoms. The summed E-state index contributed by atoms with van der Waals surface area (Å²) in [7, 11) is 1.65. The number of aliphatic hydroxyl groups is 1. The van der Waals surface area contributed by atoms with Gasteiger partial charge in [-0.1, -0.05) is 12.1 Å². The molecular formula is C21H26N2O4. The number of rotatable bonds is 5. The molecule has 3 N–H and O–H groups in total. The van der Waals surface area contributed by atoms with Crippen LogP contribution in [0.5, 0.6) is 11.5 Å². The SMILES string of the molecule is COc1ccc(CN2CCC[C@@H](O)[C@H](NC(=O)c3ccc(O)cc3)C2)cc1. The molecule has 1 heterocycles. The second kappa shape index (κ2) is 8.88. The normalized spacial score (nSPS) is 20.7. The minimum Gasteiger partial charge on any atom is -0.508 e. The molecule has 1 saturated heterocycles. The number of nitrogens with one attached hydrogen (secondary N) is 1. The number of carbonyl (C=O) groups is 1. The molecule has 0 spiro atoms. The molecule has 1 aliphatic heterocycles. The Morgan fingerprint density at radius 3 is 2.56 bits per heavy atom. The van der Waals surface area contributed by atoms with Crippen molar-refractivity contribution >= 4 is 5.91 Å². The van der Waals surface area contributed by atoms with E-state index in [9.17, 15) is 15.0 Å². The number of likely N-dealkylation sites (tertiary alicyclic amines) is 1. The molecule has 0 aromatic heterocycles. The highest BCUT2D eigenvalue weighted by Gasteiger charge is 2.27. The zero-order valence-corrected chi connectivity index (χ0v) is 15.5. The van der Waals surface area contributed by atoms with E-state index in [2.05, 4.69) is 10.2 Å². The smallest absolute Gasteiger partial charge is 0.251 e. The lowest BCUT2D eigenvalue weighted by Gasteiger charge is -2.27. The summed E-state index contributed by atoms with van der Waals surface area (Å²) in [6, 6.07) is 13.7. The Morgan fingerprint density at radius 1 is 1.19 bits per heavy atom. The number of amides is 1. The Morgan fingerprint density at radius 2 is 1.89 bits per heavy atom. The first kappa shape index (κ1) is 19.2. The van der Waals surface area contributed by atoms with Crippen molar-refractivity contribution in [2.75, 3.05) is 20.2 Å². The molecule has 1 amide bonds. The molecule has 1 aliphatic rings. The summed E-state index contributed by atoms with van der Waals surface area (Å²) < 4.78 is 5.19. The zero-order valence-electron chi connectivity index (χ0n) is 15.5. The van der Waals surface area contributed by atoms with E-state index >= 15 is 0 Å². The number of nitrogens with zero attached hydrogens (tertiary/aromatic N) is 1. The minimum absolute atomic E-state index is 0.117. The molecule has 1 fully saturated rings. The molecule has 144 valence electrons. The summed E-state index contributed by atoms with van der Waals surface area (Å²) in [6.07, 6.45) is 0.953. The zero-order chi connectivity index (χ0) is 19.2. The lowest BCUT2D eigenvalue weighted by atomic mass is 10.1. The average Bonchev–Trinajstić information content (AvgIpc) is 2.84. The van der Waals surface area contributed by atoms with Crippen LogP contribution in [0.1, 0.15) is 28.8 Å². The predicted octanol–water partition coefficient (Wildman–Crippen LogP) is 2.16. The second-order valence-electron chi connectivity index (χ2n) is 6.92. The van der Waals surface area contributed by atoms with Gasteiger partial charge in [-0.3, -0.25) is 9.69 Å². The van der Waals surface area contributed by atoms with E-state index in [1.54, 1.807) is 19.2 Å². The highest BCUT2D eigenvalue weighted by atomic mass is 16.5. The van der Waals surface area contributed by atoms with Crippen LogP contribution in [0.3, 0.4) is 0 Å². The van der Waals surface area contributed by atoms with Crippen molar-refractivity contribution < 1.29 is 19.7 Å². The maximum absolute atomic E-state index is 12.5. The molecule has 0 unspecified atom stereocenters. The van der Waals surface area contributed by atoms with Gasteiger partial charge in [0, 0.05) is 18.7 Å². The van der Waals surface area contributed by atoms with E-state index in [1.165, 1.54) is 12.1 Å². The van der Waals surface area contributed by atoms with Crippen molar-refractivity contribution in [2.24, 2.45) is 0 Å². The van der Waals surface area contributed by atoms with Gasteiger partial charge in [-0.05, 0) is 61.3 Å². The summed E-state index contributed by atoms with van der Waals surface area (Å²) in [5, 5.41) is 22.7. The molecule has 0 saturated carbocycles. The fourth-order valence-corrected chi connectivity index (χ4v) is 3.36. The van der Waals surface area contributed by atoms with Crippen LogP contribution in [0, 0.1) is 0 Å². The van der Waals surface area contributed by atoms with Gasteiger partial charge in [-0.2, -0.15) is 0 Å². The molecule has 2 atom stereocenters. The van der Waals surface area contributed by atoms with Crippen LogP contribution in [-0.2, 0) is 6.54 Å². The third kappa shape index (κ3) is 5.21. The lowest BCUT2D eigenvalue weighted by Crippen LogP contribution is -2.48. The van der Waals surface area contributed by atoms with Gasteiger partial charge < -0.3 is 20.3 Å². The second-order valence-corrected chi connectivity index (χ2v) is 6.92. The largest absolute Gasteiger partial charge is 0.508 e. The Hall–Kier alpha value is -2.57. The highest BCUT2D eigenvalue weighted by Crippen LogP contribution is 2.18. The summed E-state index contributed by atoms with van der Waals surface area (Å²) in [5.41, 5.74) is 1.63. The number of phenolic OH excluding ortho intramolecular Hbond substituents is 1. The monoisotopic (exact) mass is 370 g/mol. The number of methoxy groups -OCH3 is 1. The quantitative estimate of drug-likeness (QED) is 0.751. The maximum atomic E-state index is 12.5. The summed E-state index contributed by atoms with van der Waals surface area (Å²) >= 11 is 0. The number of carbonyl (C=O) groups excluding carboxylic acids is 1. The molecule has 0 bridgehead atoms. The molecule has 0 radical (unpaired) electrons. The molecule has 6 nitrogen and oxygen atoms in total. The summed E-state index contributed by atoms with van der Waals surface area (Å²) in [4.78, 5) is 14.7. The van der Waals surface area contributed by atoms with Crippen LogP contribution < -0.4 is 10.1 Å². The highest BCUT2D eigenvalue weighted by molar-refractivity contribution is 5.94. The first-order chi connectivity index (χ1) is 13.0. The fraction of sp³-hybridized carbons (Fsp3) is 0.381. The van der Waals surface area contributed by atoms with Crippen LogP contribution in [-0.4, -0.2) is 53.4 Å². The Labute approximate surface area is 159 Å². The van der Waals surface area contributed by atoms with Crippen LogP contribution in [0.15, 0.2) is 48.5 Å². The van der Waals surface area contributed by atoms with E-state index in [0.29, 0.717) is 18.5 Å². The minimum atomic E-state index is -0.577. The number of benzene rings is 2. The van der Waals surface area contributed by atoms with Gasteiger partial charge in [-0.25, -0.2) is 0 Å². The van der Waals surface area contributed by atoms with Crippen LogP contribution in [0.4, 0.5) is 0 Å². The summed E-state index contributed by atoms with van der Waals surface area (Å²) in [5.74, 6) is 0.696. The first-order valence-corrected chi connectivity index (χ1v) is 9.18. The van der Waals surface area contributed by atoms with E-state index in [-0.39, 0.29) is 17.7 Å². The van der Waals surface area contributed by atoms with Crippen LogP contribution in [0.2, 0.25) is 0 Å². The number of hydrogen-bond acceptors (Lipinski definition) is 5. The molecular weight excluding hydrogens is 344 g/mol. The standard InChI is InChI=1S/C21H26N2O4/c1-27-18-10-4-15(5-11-18)13-23-12-2-3-20(25)19(14-23)22-21(26)16-6-8-17(24)9-7-16/h4-11,19-20,24-25H,2-3,12-14H2,1H3,(H,22,26)/t19-,20-/m1/s1. The molecule has 2 aromatic rings. The molecule has 3 rings (SSSR count). The Balaban J connectivity index is 1.64. The lowest BCUT2D eigenvalue weighted by molar-refractivity contribution is 0.0798. The first-order valence-electron chi connectivity index (χ1n) is 9.18. The van der Waals surface area contributed by atoms with Crippen molar-refractivity contribution in [1.29, 1.82) is 0 Å². The number of ether oxygens (including phenoxy) is 1. The topological polar surface area (TPSA) is 82.0 Å². The van der Waals surface area contributed by atoms with Gasteiger partial charge in [0.05, 0.1) is 19.3 Å². The van der Waals surface area contributed by atoms with Crippen molar-refractivity contribution in [2.45, 2.75) is 31.5 Å². The van der Waals surface area contributed by atoms with Gasteiger partial charge in [-0.15, -0.1) is 0 Å². The van der Waals surface area contributed by atoms with Crippen molar-refractivity contribution in [1.82, 2.24) is 10.2 Å². The Kier molecular flexibility index (Phi) is 6.32. The maximum Gasteiger partial charge on any atom is 0.251 e. The van der Waals surface area contributed by atoms with E-state index in [0.717, 1.165) is 30.8 Å². The van der Waals surface area contributed by atoms with Crippen LogP contribution in [0.25, 0.3) is 0 Å².